The van der Waals surface area contributed by atoms with Gasteiger partial charge in [-0.1, -0.05) is 0 Å². The molecule has 0 radical (unpaired) electrons. The Kier molecular flexibility index (Phi) is 4.97. The van der Waals surface area contributed by atoms with Gasteiger partial charge in [0.2, 0.25) is 0 Å². The van der Waals surface area contributed by atoms with Crippen LogP contribution in [0.1, 0.15) is 36.5 Å². The Balaban J connectivity index is 1.91. The zero-order chi connectivity index (χ0) is 18.8. The minimum absolute atomic E-state index is 0.306. The van der Waals surface area contributed by atoms with E-state index in [9.17, 15) is 14.4 Å². The van der Waals surface area contributed by atoms with Crippen LogP contribution in [0.15, 0.2) is 21.3 Å². The van der Waals surface area contributed by atoms with Crippen LogP contribution in [-0.2, 0) is 22.4 Å². The first kappa shape index (κ1) is 18.0. The summed E-state index contributed by atoms with van der Waals surface area (Å²) in [6.07, 6.45) is 2.75. The zero-order valence-corrected chi connectivity index (χ0v) is 14.8. The second-order valence-electron chi connectivity index (χ2n) is 6.49. The van der Waals surface area contributed by atoms with E-state index in [4.69, 9.17) is 14.3 Å². The molecule has 1 aromatic heterocycles. The molecule has 7 heteroatoms. The van der Waals surface area contributed by atoms with Gasteiger partial charge in [-0.25, -0.2) is 4.79 Å². The lowest BCUT2D eigenvalue weighted by molar-refractivity contribution is -0.139. The standard InChI is InChI=1S/C19H21NO6/c1-10-15(25-11(2)18(23)20-9-16(21)22)8-7-13-12-5-3-4-6-14(12)19(24)26-17(10)13/h7-8,11H,3-6,9H2,1-2H3,(H,20,23)(H,21,22). The van der Waals surface area contributed by atoms with Crippen molar-refractivity contribution in [3.8, 4) is 5.75 Å². The third-order valence-electron chi connectivity index (χ3n) is 4.68. The lowest BCUT2D eigenvalue weighted by Gasteiger charge is -2.19. The third-order valence-corrected chi connectivity index (χ3v) is 4.68. The molecule has 0 aliphatic heterocycles. The van der Waals surface area contributed by atoms with Gasteiger partial charge in [0.05, 0.1) is 0 Å². The number of nitrogens with one attached hydrogen (secondary N) is 1. The number of carboxylic acid groups (broad SMARTS) is 1. The molecule has 1 aromatic carbocycles. The maximum absolute atomic E-state index is 12.3. The number of amides is 1. The van der Waals surface area contributed by atoms with Crippen LogP contribution in [0.4, 0.5) is 0 Å². The van der Waals surface area contributed by atoms with Crippen molar-refractivity contribution in [3.63, 3.8) is 0 Å². The Morgan fingerprint density at radius 3 is 2.65 bits per heavy atom. The molecule has 1 atom stereocenters. The van der Waals surface area contributed by atoms with E-state index < -0.39 is 24.5 Å². The number of aliphatic carboxylic acids is 1. The normalized spacial score (nSPS) is 14.5. The van der Waals surface area contributed by atoms with Crippen molar-refractivity contribution in [1.29, 1.82) is 0 Å². The average Bonchev–Trinajstić information content (AvgIpc) is 2.62. The lowest BCUT2D eigenvalue weighted by atomic mass is 9.90. The van der Waals surface area contributed by atoms with E-state index in [1.807, 2.05) is 6.07 Å². The molecule has 1 unspecified atom stereocenters. The van der Waals surface area contributed by atoms with Crippen LogP contribution in [0.3, 0.4) is 0 Å². The van der Waals surface area contributed by atoms with E-state index in [0.717, 1.165) is 42.2 Å². The van der Waals surface area contributed by atoms with Crippen molar-refractivity contribution in [2.75, 3.05) is 6.54 Å². The van der Waals surface area contributed by atoms with Gasteiger partial charge in [0.1, 0.15) is 17.9 Å². The molecule has 1 heterocycles. The first-order valence-electron chi connectivity index (χ1n) is 8.62. The molecule has 1 amide bonds. The molecular weight excluding hydrogens is 338 g/mol. The van der Waals surface area contributed by atoms with Crippen molar-refractivity contribution < 1.29 is 23.8 Å². The number of fused-ring (bicyclic) bond motifs is 3. The van der Waals surface area contributed by atoms with Crippen molar-refractivity contribution in [2.45, 2.75) is 45.6 Å². The van der Waals surface area contributed by atoms with Crippen LogP contribution in [-0.4, -0.2) is 29.6 Å². The molecule has 0 spiro atoms. The third kappa shape index (κ3) is 3.42. The Labute approximate surface area is 150 Å². The van der Waals surface area contributed by atoms with Crippen LogP contribution < -0.4 is 15.7 Å². The Morgan fingerprint density at radius 2 is 1.96 bits per heavy atom. The topological polar surface area (TPSA) is 106 Å². The van der Waals surface area contributed by atoms with E-state index in [2.05, 4.69) is 5.32 Å². The van der Waals surface area contributed by atoms with Gasteiger partial charge in [-0.2, -0.15) is 0 Å². The number of aryl methyl sites for hydroxylation is 2. The number of hydrogen-bond donors (Lipinski definition) is 2. The number of benzene rings is 1. The van der Waals surface area contributed by atoms with Gasteiger partial charge in [0.25, 0.3) is 5.91 Å². The number of ether oxygens (including phenoxy) is 1. The molecule has 0 saturated heterocycles. The van der Waals surface area contributed by atoms with Crippen molar-refractivity contribution in [1.82, 2.24) is 5.32 Å². The first-order valence-corrected chi connectivity index (χ1v) is 8.62. The average molecular weight is 359 g/mol. The number of carboxylic acids is 1. The highest BCUT2D eigenvalue weighted by molar-refractivity contribution is 5.87. The monoisotopic (exact) mass is 359 g/mol. The van der Waals surface area contributed by atoms with E-state index in [1.165, 1.54) is 6.92 Å². The predicted octanol–water partition coefficient (Wildman–Crippen LogP) is 1.95. The maximum atomic E-state index is 12.3. The molecule has 1 aliphatic rings. The molecule has 0 saturated carbocycles. The van der Waals surface area contributed by atoms with Crippen LogP contribution >= 0.6 is 0 Å². The van der Waals surface area contributed by atoms with Gasteiger partial charge in [-0.05, 0) is 57.2 Å². The number of hydrogen-bond acceptors (Lipinski definition) is 5. The second-order valence-corrected chi connectivity index (χ2v) is 6.49. The highest BCUT2D eigenvalue weighted by Crippen LogP contribution is 2.32. The SMILES string of the molecule is Cc1c(OC(C)C(=O)NCC(=O)O)ccc2c3c(c(=O)oc12)CCCC3. The Hall–Kier alpha value is -2.83. The fraction of sp³-hybridized carbons (Fsp3) is 0.421. The van der Waals surface area contributed by atoms with Gasteiger partial charge in [-0.15, -0.1) is 0 Å². The summed E-state index contributed by atoms with van der Waals surface area (Å²) in [5, 5.41) is 11.8. The molecule has 1 aliphatic carbocycles. The summed E-state index contributed by atoms with van der Waals surface area (Å²) in [5.41, 5.74) is 2.62. The summed E-state index contributed by atoms with van der Waals surface area (Å²) in [6.45, 7) is 2.84. The van der Waals surface area contributed by atoms with Gasteiger partial charge >= 0.3 is 11.6 Å². The Morgan fingerprint density at radius 1 is 1.27 bits per heavy atom. The molecule has 3 rings (SSSR count). The van der Waals surface area contributed by atoms with E-state index >= 15 is 0 Å². The van der Waals surface area contributed by atoms with Gasteiger partial charge in [-0.3, -0.25) is 9.59 Å². The molecule has 7 nitrogen and oxygen atoms in total. The fourth-order valence-electron chi connectivity index (χ4n) is 3.30. The summed E-state index contributed by atoms with van der Waals surface area (Å²) >= 11 is 0. The van der Waals surface area contributed by atoms with E-state index in [0.29, 0.717) is 16.9 Å². The molecular formula is C19H21NO6. The molecule has 0 fully saturated rings. The van der Waals surface area contributed by atoms with E-state index in [-0.39, 0.29) is 5.63 Å². The molecule has 26 heavy (non-hydrogen) atoms. The largest absolute Gasteiger partial charge is 0.480 e. The Bertz CT molecular complexity index is 930. The van der Waals surface area contributed by atoms with Crippen LogP contribution in [0.25, 0.3) is 11.0 Å². The minimum atomic E-state index is -1.13. The van der Waals surface area contributed by atoms with Crippen molar-refractivity contribution >= 4 is 22.8 Å². The quantitative estimate of drug-likeness (QED) is 0.791. The highest BCUT2D eigenvalue weighted by atomic mass is 16.5. The number of carbonyl (C=O) groups is 2. The van der Waals surface area contributed by atoms with Gasteiger partial charge in [0.15, 0.2) is 6.10 Å². The molecule has 0 bridgehead atoms. The summed E-state index contributed by atoms with van der Waals surface area (Å²) in [5.74, 6) is -1.23. The summed E-state index contributed by atoms with van der Waals surface area (Å²) in [7, 11) is 0. The first-order chi connectivity index (χ1) is 12.4. The maximum Gasteiger partial charge on any atom is 0.339 e. The molecule has 2 aromatic rings. The summed E-state index contributed by atoms with van der Waals surface area (Å²) < 4.78 is 11.2. The number of carbonyl (C=O) groups excluding carboxylic acids is 1. The van der Waals surface area contributed by atoms with Crippen LogP contribution in [0.5, 0.6) is 5.75 Å². The summed E-state index contributed by atoms with van der Waals surface area (Å²) in [4.78, 5) is 34.7. The zero-order valence-electron chi connectivity index (χ0n) is 14.8. The van der Waals surface area contributed by atoms with Crippen LogP contribution in [0.2, 0.25) is 0 Å². The van der Waals surface area contributed by atoms with E-state index in [1.54, 1.807) is 13.0 Å². The predicted molar refractivity (Wildman–Crippen MR) is 94.6 cm³/mol. The molecule has 138 valence electrons. The fourth-order valence-corrected chi connectivity index (χ4v) is 3.30. The second kappa shape index (κ2) is 7.19. The van der Waals surface area contributed by atoms with Gasteiger partial charge < -0.3 is 19.6 Å². The highest BCUT2D eigenvalue weighted by Gasteiger charge is 2.22. The lowest BCUT2D eigenvalue weighted by Crippen LogP contribution is -2.39. The molecule has 2 N–H and O–H groups in total. The van der Waals surface area contributed by atoms with Crippen LogP contribution in [0, 0.1) is 6.92 Å². The van der Waals surface area contributed by atoms with Crippen molar-refractivity contribution in [2.24, 2.45) is 0 Å². The number of rotatable bonds is 5. The minimum Gasteiger partial charge on any atom is -0.480 e. The van der Waals surface area contributed by atoms with Crippen molar-refractivity contribution in [3.05, 3.63) is 39.2 Å². The smallest absolute Gasteiger partial charge is 0.339 e. The van der Waals surface area contributed by atoms with Gasteiger partial charge in [0, 0.05) is 16.5 Å². The summed E-state index contributed by atoms with van der Waals surface area (Å²) in [6, 6.07) is 3.61.